The van der Waals surface area contributed by atoms with Crippen LogP contribution in [0.1, 0.15) is 20.7 Å². The van der Waals surface area contributed by atoms with E-state index in [-0.39, 0.29) is 11.1 Å². The van der Waals surface area contributed by atoms with Gasteiger partial charge in [-0.15, -0.1) is 0 Å². The van der Waals surface area contributed by atoms with Crippen molar-refractivity contribution in [1.29, 1.82) is 0 Å². The normalized spacial score (nSPS) is 20.8. The quantitative estimate of drug-likeness (QED) is 0.365. The Morgan fingerprint density at radius 3 is 1.97 bits per heavy atom. The lowest BCUT2D eigenvalue weighted by Crippen LogP contribution is -2.56. The number of aliphatic hydroxyl groups is 1. The number of carbonyl (C=O) groups excluding carboxylic acids is 2. The first-order valence-corrected chi connectivity index (χ1v) is 10.9. The van der Waals surface area contributed by atoms with Crippen molar-refractivity contribution in [3.8, 4) is 0 Å². The van der Waals surface area contributed by atoms with E-state index in [1.807, 2.05) is 0 Å². The van der Waals surface area contributed by atoms with Crippen molar-refractivity contribution in [1.82, 2.24) is 9.55 Å². The van der Waals surface area contributed by atoms with Gasteiger partial charge in [-0.25, -0.2) is 14.4 Å². The van der Waals surface area contributed by atoms with Gasteiger partial charge >= 0.3 is 17.6 Å². The number of alkyl halides is 1. The molecule has 2 aromatic carbocycles. The molecule has 0 amide bonds. The van der Waals surface area contributed by atoms with Crippen LogP contribution in [0.4, 0.5) is 0 Å². The largest absolute Gasteiger partial charge is 0.459 e. The Hall–Kier alpha value is -3.73. The number of nitrogens with zero attached hydrogens (tertiary/aromatic N) is 1. The molecule has 10 nitrogen and oxygen atoms in total. The average molecular weight is 501 g/mol. The van der Waals surface area contributed by atoms with Crippen LogP contribution in [0.5, 0.6) is 0 Å². The molecule has 0 aliphatic carbocycles. The monoisotopic (exact) mass is 500 g/mol. The van der Waals surface area contributed by atoms with E-state index in [0.29, 0.717) is 0 Å². The summed E-state index contributed by atoms with van der Waals surface area (Å²) in [6.07, 6.45) is -0.588. The number of ether oxygens (including phenoxy) is 3. The van der Waals surface area contributed by atoms with E-state index in [0.717, 1.165) is 16.8 Å². The highest BCUT2D eigenvalue weighted by Gasteiger charge is 2.60. The van der Waals surface area contributed by atoms with Crippen molar-refractivity contribution in [2.24, 2.45) is 0 Å². The molecule has 3 aromatic rings. The van der Waals surface area contributed by atoms with E-state index < -0.39 is 59.7 Å². The fourth-order valence-electron chi connectivity index (χ4n) is 3.69. The number of aromatic amines is 1. The first kappa shape index (κ1) is 24.4. The Kier molecular flexibility index (Phi) is 6.88. The van der Waals surface area contributed by atoms with Crippen molar-refractivity contribution < 1.29 is 28.9 Å². The predicted molar refractivity (Wildman–Crippen MR) is 123 cm³/mol. The van der Waals surface area contributed by atoms with Crippen LogP contribution in [0.15, 0.2) is 82.5 Å². The van der Waals surface area contributed by atoms with Crippen molar-refractivity contribution in [3.05, 3.63) is 105 Å². The van der Waals surface area contributed by atoms with Crippen molar-refractivity contribution in [2.45, 2.75) is 16.7 Å². The van der Waals surface area contributed by atoms with Crippen molar-refractivity contribution in [3.63, 3.8) is 0 Å². The van der Waals surface area contributed by atoms with Crippen LogP contribution in [-0.4, -0.2) is 58.1 Å². The number of rotatable bonds is 7. The second-order valence-corrected chi connectivity index (χ2v) is 8.59. The molecule has 2 heterocycles. The number of benzene rings is 2. The summed E-state index contributed by atoms with van der Waals surface area (Å²) >= 11 is 6.64. The molecule has 0 radical (unpaired) electrons. The number of halogens is 1. The molecule has 35 heavy (non-hydrogen) atoms. The fourth-order valence-corrected chi connectivity index (χ4v) is 4.08. The summed E-state index contributed by atoms with van der Waals surface area (Å²) in [5, 5.41) is 11.3. The highest BCUT2D eigenvalue weighted by atomic mass is 35.5. The number of carbonyl (C=O) groups is 2. The molecule has 1 aliphatic rings. The van der Waals surface area contributed by atoms with Gasteiger partial charge in [-0.05, 0) is 24.3 Å². The Labute approximate surface area is 203 Å². The molecule has 4 rings (SSSR count). The van der Waals surface area contributed by atoms with E-state index in [1.54, 1.807) is 60.7 Å². The summed E-state index contributed by atoms with van der Waals surface area (Å²) in [6.45, 7) is -1.51. The number of aliphatic hydroxyl groups excluding tert-OH is 1. The average Bonchev–Trinajstić information content (AvgIpc) is 3.13. The molecule has 2 N–H and O–H groups in total. The predicted octanol–water partition coefficient (Wildman–Crippen LogP) is 1.27. The molecule has 0 unspecified atom stereocenters. The molecule has 11 heteroatoms. The van der Waals surface area contributed by atoms with Crippen molar-refractivity contribution in [2.75, 3.05) is 19.8 Å². The number of H-pyrrole nitrogens is 1. The van der Waals surface area contributed by atoms with Gasteiger partial charge in [-0.1, -0.05) is 48.0 Å². The minimum atomic E-state index is -1.89. The molecule has 1 saturated heterocycles. The van der Waals surface area contributed by atoms with Crippen LogP contribution in [0, 0.1) is 0 Å². The molecular weight excluding hydrogens is 480 g/mol. The fraction of sp³-hybridized carbons (Fsp3) is 0.250. The van der Waals surface area contributed by atoms with Gasteiger partial charge in [0.1, 0.15) is 19.3 Å². The molecule has 2 atom stereocenters. The highest BCUT2D eigenvalue weighted by Crippen LogP contribution is 2.42. The summed E-state index contributed by atoms with van der Waals surface area (Å²) in [5.41, 5.74) is -2.84. The van der Waals surface area contributed by atoms with Gasteiger partial charge in [0.25, 0.3) is 5.56 Å². The van der Waals surface area contributed by atoms with Crippen LogP contribution in [0.25, 0.3) is 0 Å². The van der Waals surface area contributed by atoms with Crippen LogP contribution in [0.2, 0.25) is 0 Å². The second kappa shape index (κ2) is 9.87. The Morgan fingerprint density at radius 1 is 0.971 bits per heavy atom. The summed E-state index contributed by atoms with van der Waals surface area (Å²) in [7, 11) is 0. The van der Waals surface area contributed by atoms with Gasteiger partial charge in [-0.3, -0.25) is 14.3 Å². The van der Waals surface area contributed by atoms with E-state index in [4.69, 9.17) is 25.8 Å². The maximum Gasteiger partial charge on any atom is 0.338 e. The molecule has 182 valence electrons. The van der Waals surface area contributed by atoms with E-state index in [9.17, 15) is 24.3 Å². The number of aromatic nitrogens is 2. The Balaban J connectivity index is 1.61. The van der Waals surface area contributed by atoms with Gasteiger partial charge in [0.2, 0.25) is 0 Å². The lowest BCUT2D eigenvalue weighted by molar-refractivity contribution is -0.125. The van der Waals surface area contributed by atoms with Gasteiger partial charge in [0.15, 0.2) is 10.6 Å². The zero-order valence-corrected chi connectivity index (χ0v) is 19.0. The Bertz CT molecular complexity index is 1270. The molecule has 0 spiro atoms. The number of esters is 2. The summed E-state index contributed by atoms with van der Waals surface area (Å²) in [4.78, 5) is 49.1. The molecular formula is C24H21ClN2O8. The first-order valence-electron chi connectivity index (χ1n) is 10.5. The molecule has 0 bridgehead atoms. The van der Waals surface area contributed by atoms with Gasteiger partial charge in [0, 0.05) is 12.3 Å². The maximum absolute atomic E-state index is 12.5. The Morgan fingerprint density at radius 2 is 1.49 bits per heavy atom. The van der Waals surface area contributed by atoms with E-state index in [2.05, 4.69) is 4.98 Å². The number of nitrogens with one attached hydrogen (secondary N) is 1. The molecule has 0 saturated carbocycles. The topological polar surface area (TPSA) is 137 Å². The van der Waals surface area contributed by atoms with Gasteiger partial charge < -0.3 is 19.3 Å². The second-order valence-electron chi connectivity index (χ2n) is 7.94. The number of hydrogen-bond donors (Lipinski definition) is 2. The van der Waals surface area contributed by atoms with Crippen LogP contribution in [0.3, 0.4) is 0 Å². The lowest BCUT2D eigenvalue weighted by atomic mass is 9.95. The SMILES string of the molecule is O=C(OCC1(COC(=O)c2ccccc2)OC[C@@](Cl)(n2ccc(=O)[nH]c2=O)[C@@H]1O)c1ccccc1. The third-order valence-corrected chi connectivity index (χ3v) is 6.12. The molecule has 1 aliphatic heterocycles. The van der Waals surface area contributed by atoms with Gasteiger partial charge in [0.05, 0.1) is 17.7 Å². The van der Waals surface area contributed by atoms with E-state index >= 15 is 0 Å². The smallest absolute Gasteiger partial charge is 0.338 e. The third-order valence-electron chi connectivity index (χ3n) is 5.62. The van der Waals surface area contributed by atoms with Crippen LogP contribution >= 0.6 is 11.6 Å². The maximum atomic E-state index is 12.5. The highest BCUT2D eigenvalue weighted by molar-refractivity contribution is 6.22. The van der Waals surface area contributed by atoms with Crippen LogP contribution < -0.4 is 11.2 Å². The first-order chi connectivity index (χ1) is 16.7. The molecule has 1 fully saturated rings. The minimum Gasteiger partial charge on any atom is -0.459 e. The van der Waals surface area contributed by atoms with Crippen LogP contribution in [-0.2, 0) is 19.2 Å². The van der Waals surface area contributed by atoms with Gasteiger partial charge in [-0.2, -0.15) is 0 Å². The zero-order valence-electron chi connectivity index (χ0n) is 18.3. The standard InChI is InChI=1S/C24H21ClN2O8/c25-24(27-12-11-18(28)26-22(27)32)15-35-23(21(24)31,13-33-19(29)16-7-3-1-4-8-16)14-34-20(30)17-9-5-2-6-10-17/h1-12,21,31H,13-15H2,(H,26,28,32)/t21-,24-/m1/s1. The van der Waals surface area contributed by atoms with E-state index in [1.165, 1.54) is 0 Å². The lowest BCUT2D eigenvalue weighted by Gasteiger charge is -2.34. The third kappa shape index (κ3) is 4.90. The summed E-state index contributed by atoms with van der Waals surface area (Å²) < 4.78 is 17.5. The summed E-state index contributed by atoms with van der Waals surface area (Å²) in [5.74, 6) is -1.41. The minimum absolute atomic E-state index is 0.255. The van der Waals surface area contributed by atoms with Crippen molar-refractivity contribution >= 4 is 23.5 Å². The molecule has 1 aromatic heterocycles. The summed E-state index contributed by atoms with van der Waals surface area (Å²) in [6, 6.07) is 17.3. The zero-order chi connectivity index (χ0) is 25.1. The number of hydrogen-bond acceptors (Lipinski definition) is 8.